The minimum Gasteiger partial charge on any atom is -0.501 e. The van der Waals surface area contributed by atoms with Gasteiger partial charge in [-0.05, 0) is 126 Å². The second-order valence-electron chi connectivity index (χ2n) is 21.1. The molecule has 11 rings (SSSR count). The predicted molar refractivity (Wildman–Crippen MR) is 292 cm³/mol. The molecule has 0 N–H and O–H groups in total. The molecule has 0 aliphatic rings. The van der Waals surface area contributed by atoms with Crippen LogP contribution in [0.3, 0.4) is 0 Å². The topological polar surface area (TPSA) is 43.9 Å². The van der Waals surface area contributed by atoms with Gasteiger partial charge >= 0.3 is 0 Å². The number of fused-ring (bicyclic) bond motifs is 7. The molecule has 5 heteroatoms. The Morgan fingerprint density at radius 3 is 2.00 bits per heavy atom. The fourth-order valence-corrected chi connectivity index (χ4v) is 9.64. The Hall–Kier alpha value is -6.65. The normalized spacial score (nSPS) is 12.9. The number of benzene rings is 8. The first-order chi connectivity index (χ1) is 34.3. The number of imidazole rings is 1. The van der Waals surface area contributed by atoms with Crippen molar-refractivity contribution in [2.45, 2.75) is 98.8 Å². The summed E-state index contributed by atoms with van der Waals surface area (Å²) >= 11 is 0. The van der Waals surface area contributed by atoms with Crippen molar-refractivity contribution in [2.24, 2.45) is 0 Å². The molecule has 0 saturated carbocycles. The molecule has 3 heterocycles. The Morgan fingerprint density at radius 1 is 0.629 bits per heavy atom. The van der Waals surface area contributed by atoms with Crippen LogP contribution in [-0.2, 0) is 30.9 Å². The zero-order valence-corrected chi connectivity index (χ0v) is 44.1. The van der Waals surface area contributed by atoms with E-state index in [-0.39, 0.29) is 48.3 Å². The van der Waals surface area contributed by atoms with E-state index in [1.165, 1.54) is 33.4 Å². The fourth-order valence-electron chi connectivity index (χ4n) is 9.64. The molecule has 70 heavy (non-hydrogen) atoms. The third-order valence-corrected chi connectivity index (χ3v) is 13.5. The van der Waals surface area contributed by atoms with Crippen molar-refractivity contribution in [1.29, 1.82) is 0 Å². The molecule has 4 nitrogen and oxygen atoms in total. The SMILES string of the molecule is CC(C)(C)c1ccnc(-c2[c-]cccc2)c1.[2H]C([2H])([2H])c1c[c-]c(-c2nc3ccc(C(C)(C)C)cc3n2-c2c(C(C)C)cc(-c3ccccc3)cc2C(C)C)c2oc3cc4c(ccc5ccccc54)cc3c12.[Ir]. The van der Waals surface area contributed by atoms with Gasteiger partial charge in [0.25, 0.3) is 0 Å². The first kappa shape index (κ1) is 44.6. The van der Waals surface area contributed by atoms with Gasteiger partial charge in [-0.3, -0.25) is 4.98 Å². The first-order valence-electron chi connectivity index (χ1n) is 25.7. The van der Waals surface area contributed by atoms with Gasteiger partial charge < -0.3 is 14.0 Å². The average molecular weight is 1100 g/mol. The summed E-state index contributed by atoms with van der Waals surface area (Å²) in [6, 6.07) is 58.9. The summed E-state index contributed by atoms with van der Waals surface area (Å²) in [6.45, 7) is 19.9. The maximum atomic E-state index is 8.65. The molecule has 0 aliphatic carbocycles. The van der Waals surface area contributed by atoms with E-state index < -0.39 is 6.85 Å². The molecule has 0 spiro atoms. The van der Waals surface area contributed by atoms with Crippen molar-refractivity contribution < 1.29 is 28.6 Å². The van der Waals surface area contributed by atoms with Crippen molar-refractivity contribution in [3.8, 4) is 39.5 Å². The van der Waals surface area contributed by atoms with Gasteiger partial charge in [0.1, 0.15) is 5.58 Å². The van der Waals surface area contributed by atoms with E-state index in [2.05, 4.69) is 200 Å². The third kappa shape index (κ3) is 9.02. The molecule has 8 aromatic carbocycles. The minimum atomic E-state index is -2.40. The van der Waals surface area contributed by atoms with E-state index in [1.54, 1.807) is 6.07 Å². The Balaban J connectivity index is 0.000000329. The number of rotatable bonds is 6. The molecule has 0 fully saturated rings. The van der Waals surface area contributed by atoms with Crippen LogP contribution < -0.4 is 0 Å². The molecule has 1 radical (unpaired) electrons. The number of nitrogens with zero attached hydrogens (tertiary/aromatic N) is 3. The standard InChI is InChI=1S/C50H45N2O.C15H16N.Ir/c1-29(2)39-25-35(32-14-10-9-11-15-32)26-40(30(3)4)47(39)52-44-27-36(50(6,7)8)21-23-43(44)51-49(52)38-22-18-31(5)46-42-24-34-20-19-33-16-12-13-17-37(33)41(34)28-45(42)53-48(38)46;1-15(2,3)13-9-10-16-14(11-13)12-7-5-4-6-8-12;/h9-21,23-30H,1-8H3;4-7,9-11H,1-3H3;/q2*-1;/i5D3;;. The van der Waals surface area contributed by atoms with Gasteiger partial charge in [0.05, 0.1) is 22.4 Å². The molecule has 0 aliphatic heterocycles. The summed E-state index contributed by atoms with van der Waals surface area (Å²) < 4.78 is 35.2. The van der Waals surface area contributed by atoms with Gasteiger partial charge in [0.2, 0.25) is 0 Å². The van der Waals surface area contributed by atoms with Crippen LogP contribution in [-0.4, -0.2) is 14.5 Å². The van der Waals surface area contributed by atoms with E-state index in [4.69, 9.17) is 13.5 Å². The van der Waals surface area contributed by atoms with Gasteiger partial charge in [0, 0.05) is 41.5 Å². The van der Waals surface area contributed by atoms with Crippen LogP contribution >= 0.6 is 0 Å². The van der Waals surface area contributed by atoms with Gasteiger partial charge in [-0.2, -0.15) is 0 Å². The van der Waals surface area contributed by atoms with Gasteiger partial charge in [0.15, 0.2) is 0 Å². The van der Waals surface area contributed by atoms with E-state index in [0.717, 1.165) is 54.9 Å². The summed E-state index contributed by atoms with van der Waals surface area (Å²) in [4.78, 5) is 9.80. The Morgan fingerprint density at radius 2 is 1.31 bits per heavy atom. The van der Waals surface area contributed by atoms with Crippen LogP contribution in [0.25, 0.3) is 94.0 Å². The van der Waals surface area contributed by atoms with Crippen molar-refractivity contribution >= 4 is 54.5 Å². The maximum Gasteiger partial charge on any atom is 0.121 e. The van der Waals surface area contributed by atoms with E-state index in [9.17, 15) is 0 Å². The van der Waals surface area contributed by atoms with E-state index >= 15 is 0 Å². The van der Waals surface area contributed by atoms with Crippen molar-refractivity contribution in [2.75, 3.05) is 0 Å². The smallest absolute Gasteiger partial charge is 0.121 e. The van der Waals surface area contributed by atoms with Crippen LogP contribution in [0.15, 0.2) is 162 Å². The Kier molecular flexibility index (Phi) is 12.0. The zero-order valence-electron chi connectivity index (χ0n) is 44.7. The monoisotopic (exact) mass is 1100 g/mol. The molecule has 353 valence electrons. The molecule has 0 saturated heterocycles. The molecular formula is C65H61IrN3O-2. The second-order valence-corrected chi connectivity index (χ2v) is 21.1. The fraction of sp³-hybridized carbons (Fsp3) is 0.231. The summed E-state index contributed by atoms with van der Waals surface area (Å²) in [5, 5.41) is 5.67. The summed E-state index contributed by atoms with van der Waals surface area (Å²) in [6.07, 6.45) is 1.87. The molecule has 0 amide bonds. The molecular weight excluding hydrogens is 1030 g/mol. The van der Waals surface area contributed by atoms with Crippen molar-refractivity contribution in [3.63, 3.8) is 0 Å². The van der Waals surface area contributed by atoms with Gasteiger partial charge in [-0.15, -0.1) is 53.6 Å². The van der Waals surface area contributed by atoms with Crippen molar-refractivity contribution in [3.05, 3.63) is 198 Å². The Labute approximate surface area is 431 Å². The van der Waals surface area contributed by atoms with Crippen LogP contribution in [0.1, 0.15) is 113 Å². The molecule has 3 aromatic heterocycles. The quantitative estimate of drug-likeness (QED) is 0.123. The molecule has 11 aromatic rings. The van der Waals surface area contributed by atoms with Gasteiger partial charge in [-0.25, -0.2) is 0 Å². The largest absolute Gasteiger partial charge is 0.501 e. The third-order valence-electron chi connectivity index (χ3n) is 13.5. The number of aromatic nitrogens is 3. The molecule has 0 atom stereocenters. The van der Waals surface area contributed by atoms with Crippen LogP contribution in [0, 0.1) is 19.0 Å². The number of hydrogen-bond acceptors (Lipinski definition) is 3. The second kappa shape index (κ2) is 18.9. The van der Waals surface area contributed by atoms with E-state index in [0.29, 0.717) is 27.9 Å². The van der Waals surface area contributed by atoms with Crippen LogP contribution in [0.4, 0.5) is 0 Å². The van der Waals surface area contributed by atoms with E-state index in [1.807, 2.05) is 42.6 Å². The molecule has 0 bridgehead atoms. The number of hydrogen-bond donors (Lipinski definition) is 0. The summed E-state index contributed by atoms with van der Waals surface area (Å²) in [5.74, 6) is 1.02. The van der Waals surface area contributed by atoms with Gasteiger partial charge in [-0.1, -0.05) is 166 Å². The number of aryl methyl sites for hydroxylation is 1. The average Bonchev–Trinajstić information content (AvgIpc) is 3.93. The summed E-state index contributed by atoms with van der Waals surface area (Å²) in [7, 11) is 0. The number of pyridine rings is 1. The summed E-state index contributed by atoms with van der Waals surface area (Å²) in [5.41, 5.74) is 14.2. The zero-order chi connectivity index (χ0) is 50.9. The maximum absolute atomic E-state index is 8.65. The van der Waals surface area contributed by atoms with Crippen LogP contribution in [0.2, 0.25) is 0 Å². The number of furan rings is 1. The Bertz CT molecular complexity index is 3790. The minimum absolute atomic E-state index is 0. The van der Waals surface area contributed by atoms with Crippen LogP contribution in [0.5, 0.6) is 0 Å². The first-order valence-corrected chi connectivity index (χ1v) is 24.2. The molecule has 0 unspecified atom stereocenters. The predicted octanol–water partition coefficient (Wildman–Crippen LogP) is 18.1. The van der Waals surface area contributed by atoms with Crippen molar-refractivity contribution in [1.82, 2.24) is 14.5 Å².